The normalized spacial score (nSPS) is 10.0. The predicted octanol–water partition coefficient (Wildman–Crippen LogP) is 3.38. The molecule has 3 N–H and O–H groups in total. The summed E-state index contributed by atoms with van der Waals surface area (Å²) in [7, 11) is 0. The van der Waals surface area contributed by atoms with Gasteiger partial charge in [-0.15, -0.1) is 0 Å². The molecule has 0 aliphatic carbocycles. The first-order chi connectivity index (χ1) is 14.5. The topological polar surface area (TPSA) is 79.5 Å². The van der Waals surface area contributed by atoms with Crippen LogP contribution in [-0.4, -0.2) is 23.5 Å². The fourth-order valence-corrected chi connectivity index (χ4v) is 2.81. The van der Waals surface area contributed by atoms with Gasteiger partial charge in [-0.1, -0.05) is 66.2 Å². The summed E-state index contributed by atoms with van der Waals surface area (Å²) in [5, 5.41) is 2.49. The van der Waals surface area contributed by atoms with Crippen molar-refractivity contribution in [2.45, 2.75) is 6.92 Å². The van der Waals surface area contributed by atoms with Gasteiger partial charge in [-0.3, -0.25) is 25.8 Å². The first-order valence-corrected chi connectivity index (χ1v) is 9.68. The van der Waals surface area contributed by atoms with E-state index in [9.17, 15) is 9.59 Å². The highest BCUT2D eigenvalue weighted by molar-refractivity contribution is 7.80. The van der Waals surface area contributed by atoms with Gasteiger partial charge in [-0.2, -0.15) is 0 Å². The molecular formula is C23H21N3O3S. The number of hydrogen-bond acceptors (Lipinski definition) is 4. The van der Waals surface area contributed by atoms with E-state index in [0.717, 1.165) is 16.7 Å². The molecule has 0 radical (unpaired) electrons. The number of amides is 2. The number of ether oxygens (including phenoxy) is 1. The number of carbonyl (C=O) groups excluding carboxylic acids is 2. The number of rotatable bonds is 5. The van der Waals surface area contributed by atoms with E-state index in [1.54, 1.807) is 18.2 Å². The summed E-state index contributed by atoms with van der Waals surface area (Å²) in [5.74, 6) is -0.214. The summed E-state index contributed by atoms with van der Waals surface area (Å²) in [4.78, 5) is 24.2. The minimum atomic E-state index is -0.440. The Labute approximate surface area is 180 Å². The number of nitrogens with one attached hydrogen (secondary N) is 3. The number of para-hydroxylation sites is 1. The number of carbonyl (C=O) groups is 2. The molecule has 0 aromatic heterocycles. The van der Waals surface area contributed by atoms with Gasteiger partial charge in [0, 0.05) is 11.1 Å². The highest BCUT2D eigenvalue weighted by atomic mass is 32.1. The molecule has 0 bridgehead atoms. The van der Waals surface area contributed by atoms with E-state index in [-0.39, 0.29) is 17.6 Å². The summed E-state index contributed by atoms with van der Waals surface area (Å²) in [5.41, 5.74) is 8.30. The molecule has 0 saturated heterocycles. The van der Waals surface area contributed by atoms with E-state index < -0.39 is 5.91 Å². The molecule has 30 heavy (non-hydrogen) atoms. The predicted molar refractivity (Wildman–Crippen MR) is 120 cm³/mol. The van der Waals surface area contributed by atoms with Crippen LogP contribution in [0.2, 0.25) is 0 Å². The van der Waals surface area contributed by atoms with Gasteiger partial charge in [-0.05, 0) is 42.9 Å². The third-order valence-electron chi connectivity index (χ3n) is 4.19. The van der Waals surface area contributed by atoms with Crippen LogP contribution >= 0.6 is 12.2 Å². The third kappa shape index (κ3) is 5.89. The molecule has 0 saturated carbocycles. The molecule has 152 valence electrons. The van der Waals surface area contributed by atoms with Crippen molar-refractivity contribution in [2.75, 3.05) is 6.61 Å². The minimum absolute atomic E-state index is 0.0152. The maximum absolute atomic E-state index is 12.1. The average Bonchev–Trinajstić information content (AvgIpc) is 2.77. The minimum Gasteiger partial charge on any atom is -0.483 e. The lowest BCUT2D eigenvalue weighted by atomic mass is 10.1. The Balaban J connectivity index is 1.48. The fraction of sp³-hybridized carbons (Fsp3) is 0.0870. The Morgan fingerprint density at radius 3 is 2.27 bits per heavy atom. The van der Waals surface area contributed by atoms with E-state index in [2.05, 4.69) is 16.2 Å². The SMILES string of the molecule is Cc1ccc(C(=O)NC(=S)NNC(=O)COc2ccccc2-c2ccccc2)cc1. The summed E-state index contributed by atoms with van der Waals surface area (Å²) in [6.45, 7) is 1.72. The largest absolute Gasteiger partial charge is 0.483 e. The van der Waals surface area contributed by atoms with Crippen LogP contribution in [0.4, 0.5) is 0 Å². The van der Waals surface area contributed by atoms with Crippen LogP contribution in [0.5, 0.6) is 5.75 Å². The summed E-state index contributed by atoms with van der Waals surface area (Å²) in [6.07, 6.45) is 0. The zero-order chi connectivity index (χ0) is 21.3. The smallest absolute Gasteiger partial charge is 0.276 e. The van der Waals surface area contributed by atoms with Crippen LogP contribution in [0.15, 0.2) is 78.9 Å². The second kappa shape index (κ2) is 10.2. The molecule has 0 unspecified atom stereocenters. The zero-order valence-corrected chi connectivity index (χ0v) is 17.2. The number of hydrazine groups is 1. The van der Waals surface area contributed by atoms with Gasteiger partial charge in [0.15, 0.2) is 11.7 Å². The second-order valence-corrected chi connectivity index (χ2v) is 6.88. The monoisotopic (exact) mass is 419 g/mol. The highest BCUT2D eigenvalue weighted by Crippen LogP contribution is 2.29. The molecule has 0 spiro atoms. The van der Waals surface area contributed by atoms with Crippen molar-refractivity contribution < 1.29 is 14.3 Å². The molecule has 0 aliphatic heterocycles. The molecule has 3 rings (SSSR count). The van der Waals surface area contributed by atoms with Crippen LogP contribution in [0, 0.1) is 6.92 Å². The van der Waals surface area contributed by atoms with E-state index in [1.807, 2.05) is 67.6 Å². The number of thiocarbonyl (C=S) groups is 1. The van der Waals surface area contributed by atoms with Crippen LogP contribution in [-0.2, 0) is 4.79 Å². The number of hydrogen-bond donors (Lipinski definition) is 3. The zero-order valence-electron chi connectivity index (χ0n) is 16.3. The molecular weight excluding hydrogens is 398 g/mol. The van der Waals surface area contributed by atoms with Crippen LogP contribution in [0.1, 0.15) is 15.9 Å². The Kier molecular flexibility index (Phi) is 7.13. The van der Waals surface area contributed by atoms with Crippen molar-refractivity contribution in [1.82, 2.24) is 16.2 Å². The second-order valence-electron chi connectivity index (χ2n) is 6.47. The van der Waals surface area contributed by atoms with Crippen LogP contribution in [0.3, 0.4) is 0 Å². The Morgan fingerprint density at radius 1 is 0.867 bits per heavy atom. The summed E-state index contributed by atoms with van der Waals surface area (Å²) < 4.78 is 5.66. The van der Waals surface area contributed by atoms with Gasteiger partial charge in [0.1, 0.15) is 5.75 Å². The molecule has 0 aliphatic rings. The summed E-state index contributed by atoms with van der Waals surface area (Å²) in [6, 6.07) is 24.3. The molecule has 6 nitrogen and oxygen atoms in total. The Hall–Kier alpha value is -3.71. The number of benzene rings is 3. The average molecular weight is 420 g/mol. The fourth-order valence-electron chi connectivity index (χ4n) is 2.67. The van der Waals surface area contributed by atoms with E-state index >= 15 is 0 Å². The number of aryl methyl sites for hydroxylation is 1. The van der Waals surface area contributed by atoms with E-state index in [4.69, 9.17) is 17.0 Å². The van der Waals surface area contributed by atoms with Crippen molar-refractivity contribution in [1.29, 1.82) is 0 Å². The van der Waals surface area contributed by atoms with Crippen molar-refractivity contribution in [3.8, 4) is 16.9 Å². The van der Waals surface area contributed by atoms with Crippen LogP contribution in [0.25, 0.3) is 11.1 Å². The summed E-state index contributed by atoms with van der Waals surface area (Å²) >= 11 is 5.04. The van der Waals surface area contributed by atoms with Crippen molar-refractivity contribution >= 4 is 29.1 Å². The van der Waals surface area contributed by atoms with Gasteiger partial charge < -0.3 is 4.74 Å². The lowest BCUT2D eigenvalue weighted by Crippen LogP contribution is -2.49. The molecule has 0 atom stereocenters. The van der Waals surface area contributed by atoms with Crippen molar-refractivity contribution in [3.05, 3.63) is 90.0 Å². The van der Waals surface area contributed by atoms with Gasteiger partial charge in [0.25, 0.3) is 11.8 Å². The molecule has 0 fully saturated rings. The van der Waals surface area contributed by atoms with E-state index in [1.165, 1.54) is 0 Å². The highest BCUT2D eigenvalue weighted by Gasteiger charge is 2.10. The standard InChI is InChI=1S/C23H21N3O3S/c1-16-11-13-18(14-12-16)22(28)24-23(30)26-25-21(27)15-29-20-10-6-5-9-19(20)17-7-3-2-4-8-17/h2-14H,15H2,1H3,(H,25,27)(H2,24,26,28,30). The maximum atomic E-state index is 12.1. The molecule has 3 aromatic carbocycles. The van der Waals surface area contributed by atoms with Gasteiger partial charge in [-0.25, -0.2) is 0 Å². The molecule has 7 heteroatoms. The van der Waals surface area contributed by atoms with Gasteiger partial charge >= 0.3 is 0 Å². The quantitative estimate of drug-likeness (QED) is 0.437. The first kappa shape index (κ1) is 21.0. The van der Waals surface area contributed by atoms with E-state index in [0.29, 0.717) is 11.3 Å². The Morgan fingerprint density at radius 2 is 1.53 bits per heavy atom. The van der Waals surface area contributed by atoms with Crippen molar-refractivity contribution in [3.63, 3.8) is 0 Å². The maximum Gasteiger partial charge on any atom is 0.276 e. The van der Waals surface area contributed by atoms with Crippen LogP contribution < -0.4 is 20.9 Å². The molecule has 3 aromatic rings. The van der Waals surface area contributed by atoms with Gasteiger partial charge in [0.05, 0.1) is 0 Å². The lowest BCUT2D eigenvalue weighted by Gasteiger charge is -2.13. The molecule has 2 amide bonds. The van der Waals surface area contributed by atoms with Gasteiger partial charge in [0.2, 0.25) is 0 Å². The van der Waals surface area contributed by atoms with Crippen molar-refractivity contribution in [2.24, 2.45) is 0 Å². The molecule has 0 heterocycles. The lowest BCUT2D eigenvalue weighted by molar-refractivity contribution is -0.123. The third-order valence-corrected chi connectivity index (χ3v) is 4.39. The Bertz CT molecular complexity index is 1040. The first-order valence-electron chi connectivity index (χ1n) is 9.27.